The third kappa shape index (κ3) is 1.83. The number of hydrogen-bond donors (Lipinski definition) is 0. The van der Waals surface area contributed by atoms with Crippen LogP contribution in [0.15, 0.2) is 12.1 Å². The molecule has 0 aromatic heterocycles. The molecule has 0 saturated carbocycles. The molecule has 0 atom stereocenters. The molecule has 0 spiro atoms. The minimum absolute atomic E-state index is 0.106. The van der Waals surface area contributed by atoms with Gasteiger partial charge in [0.15, 0.2) is 17.9 Å². The Morgan fingerprint density at radius 2 is 2.15 bits per heavy atom. The molecule has 1 rings (SSSR count). The van der Waals surface area contributed by atoms with Crippen LogP contribution in [0.2, 0.25) is 0 Å². The molecule has 2 nitrogen and oxygen atoms in total. The van der Waals surface area contributed by atoms with E-state index in [0.717, 1.165) is 12.1 Å². The number of carbonyl (C=O) groups excluding carboxylic acids is 1. The van der Waals surface area contributed by atoms with Crippen molar-refractivity contribution in [2.24, 2.45) is 0 Å². The molecule has 70 valence electrons. The zero-order valence-corrected chi connectivity index (χ0v) is 7.01. The zero-order valence-electron chi connectivity index (χ0n) is 7.01. The van der Waals surface area contributed by atoms with Crippen molar-refractivity contribution >= 4 is 6.29 Å². The lowest BCUT2D eigenvalue weighted by Gasteiger charge is -2.05. The van der Waals surface area contributed by atoms with Gasteiger partial charge in [-0.15, -0.1) is 0 Å². The summed E-state index contributed by atoms with van der Waals surface area (Å²) in [5.41, 5.74) is -0.592. The first-order chi connectivity index (χ1) is 6.20. The van der Waals surface area contributed by atoms with E-state index in [-0.39, 0.29) is 18.6 Å². The SMILES string of the molecule is CCOc1ccc(F)c(C=O)c1F. The van der Waals surface area contributed by atoms with E-state index in [0.29, 0.717) is 0 Å². The molecule has 0 amide bonds. The second-order valence-electron chi connectivity index (χ2n) is 2.32. The van der Waals surface area contributed by atoms with Gasteiger partial charge in [0, 0.05) is 0 Å². The molecule has 0 radical (unpaired) electrons. The minimum Gasteiger partial charge on any atom is -0.491 e. The Bertz CT molecular complexity index is 324. The van der Waals surface area contributed by atoms with Crippen molar-refractivity contribution in [2.75, 3.05) is 6.61 Å². The maximum atomic E-state index is 13.1. The fourth-order valence-corrected chi connectivity index (χ4v) is 0.924. The second-order valence-corrected chi connectivity index (χ2v) is 2.32. The lowest BCUT2D eigenvalue weighted by molar-refractivity contribution is 0.111. The van der Waals surface area contributed by atoms with Gasteiger partial charge < -0.3 is 4.74 Å². The topological polar surface area (TPSA) is 26.3 Å². The minimum atomic E-state index is -0.947. The van der Waals surface area contributed by atoms with Crippen LogP contribution in [0.1, 0.15) is 17.3 Å². The molecular formula is C9H8F2O2. The van der Waals surface area contributed by atoms with Gasteiger partial charge in [0.05, 0.1) is 12.2 Å². The average molecular weight is 186 g/mol. The molecule has 0 aliphatic heterocycles. The molecule has 1 aromatic rings. The van der Waals surface area contributed by atoms with Crippen LogP contribution < -0.4 is 4.74 Å². The van der Waals surface area contributed by atoms with Gasteiger partial charge in [-0.05, 0) is 19.1 Å². The third-order valence-electron chi connectivity index (χ3n) is 1.51. The van der Waals surface area contributed by atoms with Crippen LogP contribution in [-0.4, -0.2) is 12.9 Å². The fraction of sp³-hybridized carbons (Fsp3) is 0.222. The number of benzene rings is 1. The molecule has 0 N–H and O–H groups in total. The predicted octanol–water partition coefficient (Wildman–Crippen LogP) is 2.18. The molecular weight excluding hydrogens is 178 g/mol. The first-order valence-electron chi connectivity index (χ1n) is 3.76. The van der Waals surface area contributed by atoms with E-state index in [2.05, 4.69) is 0 Å². The predicted molar refractivity (Wildman–Crippen MR) is 42.9 cm³/mol. The highest BCUT2D eigenvalue weighted by Crippen LogP contribution is 2.21. The van der Waals surface area contributed by atoms with Gasteiger partial charge in [-0.3, -0.25) is 4.79 Å². The van der Waals surface area contributed by atoms with E-state index in [1.165, 1.54) is 0 Å². The van der Waals surface area contributed by atoms with Crippen LogP contribution in [0.25, 0.3) is 0 Å². The quantitative estimate of drug-likeness (QED) is 0.676. The fourth-order valence-electron chi connectivity index (χ4n) is 0.924. The summed E-state index contributed by atoms with van der Waals surface area (Å²) in [6.45, 7) is 1.93. The van der Waals surface area contributed by atoms with Crippen molar-refractivity contribution in [3.8, 4) is 5.75 Å². The van der Waals surface area contributed by atoms with Crippen LogP contribution in [-0.2, 0) is 0 Å². The van der Waals surface area contributed by atoms with E-state index < -0.39 is 17.2 Å². The summed E-state index contributed by atoms with van der Waals surface area (Å²) in [6, 6.07) is 2.15. The highest BCUT2D eigenvalue weighted by atomic mass is 19.1. The number of aldehydes is 1. The standard InChI is InChI=1S/C9H8F2O2/c1-2-13-8-4-3-7(10)6(5-12)9(8)11/h3-5H,2H2,1H3. The summed E-state index contributed by atoms with van der Waals surface area (Å²) >= 11 is 0. The van der Waals surface area contributed by atoms with Gasteiger partial charge >= 0.3 is 0 Å². The Morgan fingerprint density at radius 3 is 2.69 bits per heavy atom. The average Bonchev–Trinajstić information content (AvgIpc) is 2.11. The summed E-state index contributed by atoms with van der Waals surface area (Å²) < 4.78 is 30.7. The van der Waals surface area contributed by atoms with Crippen LogP contribution in [0.4, 0.5) is 8.78 Å². The van der Waals surface area contributed by atoms with Crippen molar-refractivity contribution in [1.82, 2.24) is 0 Å². The van der Waals surface area contributed by atoms with Gasteiger partial charge in [-0.25, -0.2) is 8.78 Å². The molecule has 0 aliphatic carbocycles. The van der Waals surface area contributed by atoms with Gasteiger partial charge in [0.25, 0.3) is 0 Å². The van der Waals surface area contributed by atoms with Crippen molar-refractivity contribution in [2.45, 2.75) is 6.92 Å². The maximum absolute atomic E-state index is 13.1. The highest BCUT2D eigenvalue weighted by molar-refractivity contribution is 5.76. The summed E-state index contributed by atoms with van der Waals surface area (Å²) in [6.07, 6.45) is 0.132. The smallest absolute Gasteiger partial charge is 0.178 e. The lowest BCUT2D eigenvalue weighted by atomic mass is 10.2. The van der Waals surface area contributed by atoms with E-state index in [1.807, 2.05) is 0 Å². The molecule has 4 heteroatoms. The molecule has 13 heavy (non-hydrogen) atoms. The van der Waals surface area contributed by atoms with Crippen molar-refractivity contribution in [3.05, 3.63) is 29.3 Å². The first kappa shape index (κ1) is 9.64. The molecule has 0 unspecified atom stereocenters. The molecule has 0 aliphatic rings. The normalized spacial score (nSPS) is 9.77. The van der Waals surface area contributed by atoms with Crippen molar-refractivity contribution in [3.63, 3.8) is 0 Å². The highest BCUT2D eigenvalue weighted by Gasteiger charge is 2.13. The second kappa shape index (κ2) is 3.98. The summed E-state index contributed by atoms with van der Waals surface area (Å²) in [7, 11) is 0. The van der Waals surface area contributed by atoms with E-state index >= 15 is 0 Å². The number of carbonyl (C=O) groups is 1. The van der Waals surface area contributed by atoms with Crippen LogP contribution >= 0.6 is 0 Å². The summed E-state index contributed by atoms with van der Waals surface area (Å²) in [5, 5.41) is 0. The van der Waals surface area contributed by atoms with Crippen molar-refractivity contribution in [1.29, 1.82) is 0 Å². The molecule has 0 saturated heterocycles. The summed E-state index contributed by atoms with van der Waals surface area (Å²) in [4.78, 5) is 10.3. The van der Waals surface area contributed by atoms with E-state index in [1.54, 1.807) is 6.92 Å². The van der Waals surface area contributed by atoms with E-state index in [4.69, 9.17) is 4.74 Å². The largest absolute Gasteiger partial charge is 0.491 e. The lowest BCUT2D eigenvalue weighted by Crippen LogP contribution is -2.00. The van der Waals surface area contributed by atoms with Crippen LogP contribution in [0.5, 0.6) is 5.75 Å². The third-order valence-corrected chi connectivity index (χ3v) is 1.51. The van der Waals surface area contributed by atoms with Gasteiger partial charge in [0.1, 0.15) is 5.82 Å². The Hall–Kier alpha value is -1.45. The Morgan fingerprint density at radius 1 is 1.46 bits per heavy atom. The van der Waals surface area contributed by atoms with Crippen molar-refractivity contribution < 1.29 is 18.3 Å². The molecule has 0 fully saturated rings. The summed E-state index contributed by atoms with van der Waals surface area (Å²) in [5.74, 6) is -1.93. The molecule has 1 aromatic carbocycles. The Kier molecular flexibility index (Phi) is 2.95. The van der Waals surface area contributed by atoms with Gasteiger partial charge in [-0.2, -0.15) is 0 Å². The first-order valence-corrected chi connectivity index (χ1v) is 3.76. The van der Waals surface area contributed by atoms with Gasteiger partial charge in [0.2, 0.25) is 0 Å². The number of ether oxygens (including phenoxy) is 1. The zero-order chi connectivity index (χ0) is 9.84. The van der Waals surface area contributed by atoms with Gasteiger partial charge in [-0.1, -0.05) is 0 Å². The van der Waals surface area contributed by atoms with Crippen LogP contribution in [0, 0.1) is 11.6 Å². The Balaban J connectivity index is 3.19. The number of hydrogen-bond acceptors (Lipinski definition) is 2. The monoisotopic (exact) mass is 186 g/mol. The number of halogens is 2. The number of rotatable bonds is 3. The molecule has 0 heterocycles. The van der Waals surface area contributed by atoms with E-state index in [9.17, 15) is 13.6 Å². The maximum Gasteiger partial charge on any atom is 0.178 e. The Labute approximate surface area is 74.1 Å². The molecule has 0 bridgehead atoms. The van der Waals surface area contributed by atoms with Crippen LogP contribution in [0.3, 0.4) is 0 Å².